The van der Waals surface area contributed by atoms with E-state index in [1.807, 2.05) is 84.9 Å². The third-order valence-corrected chi connectivity index (χ3v) is 4.84. The van der Waals surface area contributed by atoms with Gasteiger partial charge in [0.2, 0.25) is 0 Å². The van der Waals surface area contributed by atoms with Crippen molar-refractivity contribution in [3.05, 3.63) is 108 Å². The zero-order valence-electron chi connectivity index (χ0n) is 17.1. The van der Waals surface area contributed by atoms with Gasteiger partial charge in [-0.25, -0.2) is 5.43 Å². The molecule has 4 aromatic carbocycles. The van der Waals surface area contributed by atoms with E-state index in [4.69, 9.17) is 9.47 Å². The Morgan fingerprint density at radius 3 is 2.52 bits per heavy atom. The topological polar surface area (TPSA) is 59.9 Å². The number of rotatable bonds is 7. The molecule has 5 nitrogen and oxygen atoms in total. The molecular formula is C26H22N2O3. The van der Waals surface area contributed by atoms with Gasteiger partial charge in [-0.1, -0.05) is 66.7 Å². The summed E-state index contributed by atoms with van der Waals surface area (Å²) in [5.41, 5.74) is 5.03. The van der Waals surface area contributed by atoms with E-state index in [0.29, 0.717) is 23.7 Å². The van der Waals surface area contributed by atoms with E-state index in [1.165, 1.54) is 0 Å². The number of carbonyl (C=O) groups is 1. The van der Waals surface area contributed by atoms with Gasteiger partial charge in [0.05, 0.1) is 13.3 Å². The lowest BCUT2D eigenvalue weighted by Crippen LogP contribution is -2.17. The number of nitrogens with zero attached hydrogens (tertiary/aromatic N) is 1. The van der Waals surface area contributed by atoms with Gasteiger partial charge in [0.15, 0.2) is 11.5 Å². The van der Waals surface area contributed by atoms with Crippen molar-refractivity contribution in [2.24, 2.45) is 5.10 Å². The Morgan fingerprint density at radius 1 is 0.903 bits per heavy atom. The summed E-state index contributed by atoms with van der Waals surface area (Å²) in [6, 6.07) is 28.8. The Balaban J connectivity index is 1.46. The van der Waals surface area contributed by atoms with Gasteiger partial charge in [0.25, 0.3) is 5.91 Å². The van der Waals surface area contributed by atoms with Gasteiger partial charge in [-0.15, -0.1) is 0 Å². The molecule has 0 unspecified atom stereocenters. The molecule has 0 spiro atoms. The Hall–Kier alpha value is -4.12. The molecule has 1 N–H and O–H groups in total. The van der Waals surface area contributed by atoms with Crippen LogP contribution in [0.15, 0.2) is 96.1 Å². The van der Waals surface area contributed by atoms with Gasteiger partial charge in [0.1, 0.15) is 6.61 Å². The van der Waals surface area contributed by atoms with Crippen molar-refractivity contribution >= 4 is 22.9 Å². The molecule has 0 fully saturated rings. The number of carbonyl (C=O) groups excluding carboxylic acids is 1. The fraction of sp³-hybridized carbons (Fsp3) is 0.0769. The molecule has 0 atom stereocenters. The molecule has 4 aromatic rings. The molecular weight excluding hydrogens is 388 g/mol. The molecule has 0 bridgehead atoms. The highest BCUT2D eigenvalue weighted by Gasteiger charge is 2.09. The highest BCUT2D eigenvalue weighted by atomic mass is 16.5. The minimum Gasteiger partial charge on any atom is -0.493 e. The summed E-state index contributed by atoms with van der Waals surface area (Å²) >= 11 is 0. The van der Waals surface area contributed by atoms with Gasteiger partial charge in [0, 0.05) is 5.56 Å². The SMILES string of the molecule is COc1ccc(/C=N\NC(=O)c2cccc3ccccc23)cc1OCc1ccccc1. The Kier molecular flexibility index (Phi) is 6.24. The highest BCUT2D eigenvalue weighted by molar-refractivity contribution is 6.07. The number of benzene rings is 4. The van der Waals surface area contributed by atoms with E-state index in [1.54, 1.807) is 19.4 Å². The first-order chi connectivity index (χ1) is 15.2. The standard InChI is InChI=1S/C26H22N2O3/c1-30-24-15-14-20(16-25(24)31-18-19-8-3-2-4-9-19)17-27-28-26(29)23-13-7-11-21-10-5-6-12-22(21)23/h2-17H,18H2,1H3,(H,28,29)/b27-17-. The van der Waals surface area contributed by atoms with E-state index >= 15 is 0 Å². The Bertz CT molecular complexity index is 1210. The van der Waals surface area contributed by atoms with Crippen molar-refractivity contribution in [1.82, 2.24) is 5.43 Å². The summed E-state index contributed by atoms with van der Waals surface area (Å²) < 4.78 is 11.3. The lowest BCUT2D eigenvalue weighted by atomic mass is 10.0. The van der Waals surface area contributed by atoms with Gasteiger partial charge in [-0.3, -0.25) is 4.79 Å². The third kappa shape index (κ3) is 4.90. The van der Waals surface area contributed by atoms with E-state index in [0.717, 1.165) is 21.9 Å². The van der Waals surface area contributed by atoms with Gasteiger partial charge < -0.3 is 9.47 Å². The predicted molar refractivity (Wildman–Crippen MR) is 123 cm³/mol. The molecule has 0 aliphatic heterocycles. The van der Waals surface area contributed by atoms with Crippen LogP contribution >= 0.6 is 0 Å². The molecule has 4 rings (SSSR count). The quantitative estimate of drug-likeness (QED) is 0.337. The molecule has 0 saturated heterocycles. The number of amides is 1. The van der Waals surface area contributed by atoms with Crippen molar-refractivity contribution < 1.29 is 14.3 Å². The monoisotopic (exact) mass is 410 g/mol. The average Bonchev–Trinajstić information content (AvgIpc) is 2.83. The van der Waals surface area contributed by atoms with Crippen molar-refractivity contribution in [2.45, 2.75) is 6.61 Å². The highest BCUT2D eigenvalue weighted by Crippen LogP contribution is 2.28. The first-order valence-corrected chi connectivity index (χ1v) is 9.90. The molecule has 0 aliphatic rings. The second-order valence-electron chi connectivity index (χ2n) is 6.91. The number of ether oxygens (including phenoxy) is 2. The summed E-state index contributed by atoms with van der Waals surface area (Å²) in [4.78, 5) is 12.6. The number of fused-ring (bicyclic) bond motifs is 1. The van der Waals surface area contributed by atoms with Crippen LogP contribution in [-0.4, -0.2) is 19.2 Å². The maximum Gasteiger partial charge on any atom is 0.271 e. The van der Waals surface area contributed by atoms with Gasteiger partial charge in [-0.2, -0.15) is 5.10 Å². The lowest BCUT2D eigenvalue weighted by molar-refractivity contribution is 0.0957. The number of nitrogens with one attached hydrogen (secondary N) is 1. The van der Waals surface area contributed by atoms with Gasteiger partial charge >= 0.3 is 0 Å². The van der Waals surface area contributed by atoms with Crippen LogP contribution in [0.25, 0.3) is 10.8 Å². The van der Waals surface area contributed by atoms with E-state index in [9.17, 15) is 4.79 Å². The second-order valence-corrected chi connectivity index (χ2v) is 6.91. The molecule has 5 heteroatoms. The number of hydrogen-bond acceptors (Lipinski definition) is 4. The van der Waals surface area contributed by atoms with E-state index in [-0.39, 0.29) is 5.91 Å². The molecule has 31 heavy (non-hydrogen) atoms. The fourth-order valence-electron chi connectivity index (χ4n) is 3.27. The largest absolute Gasteiger partial charge is 0.493 e. The zero-order valence-corrected chi connectivity index (χ0v) is 17.1. The smallest absolute Gasteiger partial charge is 0.271 e. The van der Waals surface area contributed by atoms with Crippen LogP contribution < -0.4 is 14.9 Å². The average molecular weight is 410 g/mol. The lowest BCUT2D eigenvalue weighted by Gasteiger charge is -2.11. The van der Waals surface area contributed by atoms with Crippen molar-refractivity contribution in [1.29, 1.82) is 0 Å². The zero-order chi connectivity index (χ0) is 21.5. The van der Waals surface area contributed by atoms with Crippen LogP contribution in [-0.2, 0) is 6.61 Å². The molecule has 0 aliphatic carbocycles. The maximum atomic E-state index is 12.6. The number of hydrogen-bond donors (Lipinski definition) is 1. The molecule has 154 valence electrons. The minimum atomic E-state index is -0.262. The Morgan fingerprint density at radius 2 is 1.68 bits per heavy atom. The van der Waals surface area contributed by atoms with E-state index in [2.05, 4.69) is 10.5 Å². The normalized spacial score (nSPS) is 10.9. The van der Waals surface area contributed by atoms with Crippen LogP contribution in [0.3, 0.4) is 0 Å². The van der Waals surface area contributed by atoms with Crippen molar-refractivity contribution in [3.8, 4) is 11.5 Å². The van der Waals surface area contributed by atoms with Crippen LogP contribution in [0.4, 0.5) is 0 Å². The number of methoxy groups -OCH3 is 1. The minimum absolute atomic E-state index is 0.262. The van der Waals surface area contributed by atoms with Crippen LogP contribution in [0, 0.1) is 0 Å². The summed E-state index contributed by atoms with van der Waals surface area (Å²) in [5.74, 6) is 0.977. The summed E-state index contributed by atoms with van der Waals surface area (Å²) in [6.45, 7) is 0.426. The van der Waals surface area contributed by atoms with Crippen molar-refractivity contribution in [3.63, 3.8) is 0 Å². The van der Waals surface area contributed by atoms with Crippen molar-refractivity contribution in [2.75, 3.05) is 7.11 Å². The molecule has 0 saturated carbocycles. The number of hydrazone groups is 1. The van der Waals surface area contributed by atoms with E-state index < -0.39 is 0 Å². The maximum absolute atomic E-state index is 12.6. The first kappa shape index (κ1) is 20.2. The molecule has 0 aromatic heterocycles. The van der Waals surface area contributed by atoms with Crippen LogP contribution in [0.2, 0.25) is 0 Å². The first-order valence-electron chi connectivity index (χ1n) is 9.90. The molecule has 1 amide bonds. The molecule has 0 radical (unpaired) electrons. The molecule has 0 heterocycles. The van der Waals surface area contributed by atoms with Crippen LogP contribution in [0.1, 0.15) is 21.5 Å². The summed E-state index contributed by atoms with van der Waals surface area (Å²) in [6.07, 6.45) is 1.58. The third-order valence-electron chi connectivity index (χ3n) is 4.84. The second kappa shape index (κ2) is 9.59. The Labute approximate surface area is 180 Å². The summed E-state index contributed by atoms with van der Waals surface area (Å²) in [7, 11) is 1.60. The fourth-order valence-corrected chi connectivity index (χ4v) is 3.27. The van der Waals surface area contributed by atoms with Gasteiger partial charge in [-0.05, 0) is 46.2 Å². The van der Waals surface area contributed by atoms with Crippen LogP contribution in [0.5, 0.6) is 11.5 Å². The predicted octanol–water partition coefficient (Wildman–Crippen LogP) is 5.19. The summed E-state index contributed by atoms with van der Waals surface area (Å²) in [5, 5.41) is 6.02.